The Kier molecular flexibility index (Phi) is 6.21. The summed E-state index contributed by atoms with van der Waals surface area (Å²) in [6.07, 6.45) is 1.54. The van der Waals surface area contributed by atoms with Crippen molar-refractivity contribution < 1.29 is 14.7 Å². The third-order valence-corrected chi connectivity index (χ3v) is 3.38. The van der Waals surface area contributed by atoms with Crippen molar-refractivity contribution in [2.24, 2.45) is 16.6 Å². The smallest absolute Gasteiger partial charge is 0.320 e. The van der Waals surface area contributed by atoms with E-state index in [4.69, 9.17) is 16.7 Å². The lowest BCUT2D eigenvalue weighted by atomic mass is 10.1. The molecule has 0 aliphatic rings. The van der Waals surface area contributed by atoms with Crippen molar-refractivity contribution in [3.8, 4) is 0 Å². The Labute approximate surface area is 144 Å². The number of nitrogens with one attached hydrogen (secondary N) is 2. The van der Waals surface area contributed by atoms with E-state index in [0.717, 1.165) is 5.56 Å². The van der Waals surface area contributed by atoms with Gasteiger partial charge < -0.3 is 21.6 Å². The minimum absolute atomic E-state index is 0.221. The Bertz CT molecular complexity index is 774. The van der Waals surface area contributed by atoms with Gasteiger partial charge in [-0.05, 0) is 42.3 Å². The van der Waals surface area contributed by atoms with Crippen molar-refractivity contribution in [2.75, 3.05) is 5.32 Å². The van der Waals surface area contributed by atoms with E-state index in [1.165, 1.54) is 6.34 Å². The molecule has 0 saturated heterocycles. The van der Waals surface area contributed by atoms with E-state index in [0.29, 0.717) is 16.9 Å². The molecule has 0 saturated carbocycles. The van der Waals surface area contributed by atoms with Gasteiger partial charge in [0.1, 0.15) is 12.4 Å². The van der Waals surface area contributed by atoms with Gasteiger partial charge >= 0.3 is 5.97 Å². The van der Waals surface area contributed by atoms with Gasteiger partial charge in [-0.3, -0.25) is 9.59 Å². The van der Waals surface area contributed by atoms with E-state index in [1.54, 1.807) is 48.5 Å². The predicted molar refractivity (Wildman–Crippen MR) is 95.6 cm³/mol. The standard InChI is InChI=1S/C17H19N5O3/c18-15(17(24)25)8-11-4-6-13(7-5-11)22-16(23)12-2-1-3-14(9-12)20-10-21-19/h1-7,9-10,15H,8,18-19H2,(H,20,21)(H,22,23)(H,24,25)/t15-/m0/s1. The summed E-state index contributed by atoms with van der Waals surface area (Å²) in [5, 5.41) is 11.6. The summed E-state index contributed by atoms with van der Waals surface area (Å²) in [6, 6.07) is 12.7. The molecule has 25 heavy (non-hydrogen) atoms. The number of nitrogens with zero attached hydrogens (tertiary/aromatic N) is 1. The van der Waals surface area contributed by atoms with E-state index >= 15 is 0 Å². The highest BCUT2D eigenvalue weighted by Gasteiger charge is 2.12. The summed E-state index contributed by atoms with van der Waals surface area (Å²) >= 11 is 0. The lowest BCUT2D eigenvalue weighted by Gasteiger charge is -2.09. The molecule has 2 aromatic rings. The maximum atomic E-state index is 12.3. The van der Waals surface area contributed by atoms with Crippen LogP contribution in [0, 0.1) is 0 Å². The number of aliphatic carboxylic acids is 1. The lowest BCUT2D eigenvalue weighted by Crippen LogP contribution is -2.32. The van der Waals surface area contributed by atoms with Gasteiger partial charge in [-0.1, -0.05) is 18.2 Å². The zero-order valence-electron chi connectivity index (χ0n) is 13.3. The number of anilines is 1. The fraction of sp³-hybridized carbons (Fsp3) is 0.118. The number of hydrazine groups is 1. The first-order valence-corrected chi connectivity index (χ1v) is 7.47. The molecule has 0 heterocycles. The average Bonchev–Trinajstić information content (AvgIpc) is 2.61. The van der Waals surface area contributed by atoms with Crippen molar-refractivity contribution >= 4 is 29.6 Å². The molecule has 0 aliphatic carbocycles. The van der Waals surface area contributed by atoms with Crippen LogP contribution in [-0.2, 0) is 11.2 Å². The van der Waals surface area contributed by atoms with Crippen LogP contribution in [-0.4, -0.2) is 29.4 Å². The van der Waals surface area contributed by atoms with Gasteiger partial charge in [-0.15, -0.1) is 0 Å². The number of benzene rings is 2. The van der Waals surface area contributed by atoms with Crippen LogP contribution in [0.4, 0.5) is 11.4 Å². The van der Waals surface area contributed by atoms with E-state index in [2.05, 4.69) is 15.7 Å². The Hall–Kier alpha value is -3.23. The van der Waals surface area contributed by atoms with E-state index in [-0.39, 0.29) is 12.3 Å². The molecule has 7 N–H and O–H groups in total. The number of carbonyl (C=O) groups excluding carboxylic acids is 1. The number of carboxylic acid groups (broad SMARTS) is 1. The highest BCUT2D eigenvalue weighted by Crippen LogP contribution is 2.16. The first-order chi connectivity index (χ1) is 12.0. The third-order valence-electron chi connectivity index (χ3n) is 3.38. The Balaban J connectivity index is 2.03. The summed E-state index contributed by atoms with van der Waals surface area (Å²) in [5.74, 6) is 3.78. The van der Waals surface area contributed by atoms with Gasteiger partial charge in [0.15, 0.2) is 0 Å². The predicted octanol–water partition coefficient (Wildman–Crippen LogP) is 1.02. The largest absolute Gasteiger partial charge is 0.480 e. The molecular formula is C17H19N5O3. The van der Waals surface area contributed by atoms with Gasteiger partial charge in [0.25, 0.3) is 5.91 Å². The second-order valence-corrected chi connectivity index (χ2v) is 5.28. The number of hydrogen-bond donors (Lipinski definition) is 5. The van der Waals surface area contributed by atoms with Crippen LogP contribution < -0.4 is 22.3 Å². The van der Waals surface area contributed by atoms with Crippen LogP contribution in [0.2, 0.25) is 0 Å². The topological polar surface area (TPSA) is 143 Å². The fourth-order valence-electron chi connectivity index (χ4n) is 2.11. The molecule has 2 rings (SSSR count). The first-order valence-electron chi connectivity index (χ1n) is 7.47. The van der Waals surface area contributed by atoms with Gasteiger partial charge in [-0.25, -0.2) is 10.8 Å². The monoisotopic (exact) mass is 341 g/mol. The molecule has 1 atom stereocenters. The summed E-state index contributed by atoms with van der Waals surface area (Å²) in [7, 11) is 0. The second-order valence-electron chi connectivity index (χ2n) is 5.28. The molecule has 0 fully saturated rings. The van der Waals surface area contributed by atoms with Crippen LogP contribution in [0.3, 0.4) is 0 Å². The highest BCUT2D eigenvalue weighted by molar-refractivity contribution is 6.04. The SMILES string of the molecule is NNC=Nc1cccc(C(=O)Nc2ccc(C[C@H](N)C(=O)O)cc2)c1. The fourth-order valence-corrected chi connectivity index (χ4v) is 2.11. The molecule has 0 radical (unpaired) electrons. The number of hydrogen-bond acceptors (Lipinski definition) is 5. The van der Waals surface area contributed by atoms with E-state index in [9.17, 15) is 9.59 Å². The summed E-state index contributed by atoms with van der Waals surface area (Å²) in [6.45, 7) is 0. The maximum Gasteiger partial charge on any atom is 0.320 e. The van der Waals surface area contributed by atoms with Crippen LogP contribution in [0.15, 0.2) is 53.5 Å². The molecule has 0 aliphatic heterocycles. The third kappa shape index (κ3) is 5.41. The maximum absolute atomic E-state index is 12.3. The van der Waals surface area contributed by atoms with Crippen LogP contribution in [0.25, 0.3) is 0 Å². The number of carboxylic acids is 1. The molecule has 0 aromatic heterocycles. The minimum Gasteiger partial charge on any atom is -0.480 e. The molecule has 2 aromatic carbocycles. The molecule has 130 valence electrons. The Morgan fingerprint density at radius 2 is 1.92 bits per heavy atom. The Morgan fingerprint density at radius 1 is 1.20 bits per heavy atom. The number of aliphatic imine (C=N–C) groups is 1. The van der Waals surface area contributed by atoms with E-state index in [1.807, 2.05) is 0 Å². The number of carbonyl (C=O) groups is 2. The first kappa shape index (κ1) is 18.1. The van der Waals surface area contributed by atoms with Crippen molar-refractivity contribution in [3.05, 3.63) is 59.7 Å². The van der Waals surface area contributed by atoms with E-state index < -0.39 is 12.0 Å². The molecule has 0 unspecified atom stereocenters. The minimum atomic E-state index is -1.05. The van der Waals surface area contributed by atoms with Crippen molar-refractivity contribution in [1.29, 1.82) is 0 Å². The molecule has 0 spiro atoms. The molecular weight excluding hydrogens is 322 g/mol. The number of rotatable bonds is 7. The van der Waals surface area contributed by atoms with Crippen LogP contribution >= 0.6 is 0 Å². The number of nitrogens with two attached hydrogens (primary N) is 2. The van der Waals surface area contributed by atoms with Crippen molar-refractivity contribution in [3.63, 3.8) is 0 Å². The molecule has 8 nitrogen and oxygen atoms in total. The quantitative estimate of drug-likeness (QED) is 0.220. The zero-order valence-corrected chi connectivity index (χ0v) is 13.3. The summed E-state index contributed by atoms with van der Waals surface area (Å²) in [5.41, 5.74) is 10.2. The number of amides is 1. The summed E-state index contributed by atoms with van der Waals surface area (Å²) in [4.78, 5) is 27.1. The van der Waals surface area contributed by atoms with Gasteiger partial charge in [0.05, 0.1) is 5.69 Å². The van der Waals surface area contributed by atoms with Gasteiger partial charge in [-0.2, -0.15) is 0 Å². The zero-order chi connectivity index (χ0) is 18.2. The van der Waals surface area contributed by atoms with Crippen molar-refractivity contribution in [1.82, 2.24) is 5.43 Å². The second kappa shape index (κ2) is 8.57. The molecule has 0 bridgehead atoms. The highest BCUT2D eigenvalue weighted by atomic mass is 16.4. The van der Waals surface area contributed by atoms with Gasteiger partial charge in [0, 0.05) is 11.3 Å². The van der Waals surface area contributed by atoms with Crippen LogP contribution in [0.5, 0.6) is 0 Å². The van der Waals surface area contributed by atoms with Crippen molar-refractivity contribution in [2.45, 2.75) is 12.5 Å². The average molecular weight is 341 g/mol. The lowest BCUT2D eigenvalue weighted by molar-refractivity contribution is -0.138. The van der Waals surface area contributed by atoms with Crippen LogP contribution in [0.1, 0.15) is 15.9 Å². The normalized spacial score (nSPS) is 11.9. The summed E-state index contributed by atoms with van der Waals surface area (Å²) < 4.78 is 0. The van der Waals surface area contributed by atoms with Gasteiger partial charge in [0.2, 0.25) is 0 Å². The molecule has 8 heteroatoms. The Morgan fingerprint density at radius 3 is 2.56 bits per heavy atom. The molecule has 1 amide bonds.